The molecule has 2 fully saturated rings. The van der Waals surface area contributed by atoms with Gasteiger partial charge in [-0.05, 0) is 102 Å². The van der Waals surface area contributed by atoms with E-state index in [9.17, 15) is 4.79 Å². The van der Waals surface area contributed by atoms with Gasteiger partial charge in [0.15, 0.2) is 0 Å². The van der Waals surface area contributed by atoms with Crippen LogP contribution in [0.3, 0.4) is 0 Å². The van der Waals surface area contributed by atoms with Crippen molar-refractivity contribution in [1.82, 2.24) is 9.88 Å². The first-order chi connectivity index (χ1) is 19.7. The molecule has 0 spiro atoms. The first-order valence-corrected chi connectivity index (χ1v) is 15.6. The number of hydrogen-bond acceptors (Lipinski definition) is 7. The lowest BCUT2D eigenvalue weighted by atomic mass is 9.95. The molecule has 7 nitrogen and oxygen atoms in total. The fraction of sp³-hybridized carbons (Fsp3) is 0.647. The molecule has 1 aromatic heterocycles. The number of anilines is 1. The predicted octanol–water partition coefficient (Wildman–Crippen LogP) is 6.25. The topological polar surface area (TPSA) is 72.9 Å². The largest absolute Gasteiger partial charge is 0.490 e. The van der Waals surface area contributed by atoms with Crippen molar-refractivity contribution >= 4 is 11.8 Å². The van der Waals surface area contributed by atoms with Crippen molar-refractivity contribution in [1.29, 1.82) is 0 Å². The number of nitrogens with one attached hydrogen (secondary N) is 1. The fourth-order valence-electron chi connectivity index (χ4n) is 5.96. The summed E-state index contributed by atoms with van der Waals surface area (Å²) in [6.45, 7) is 17.5. The molecule has 0 bridgehead atoms. The van der Waals surface area contributed by atoms with Crippen molar-refractivity contribution in [3.63, 3.8) is 0 Å². The zero-order valence-electron chi connectivity index (χ0n) is 25.8. The standard InChI is InChI=1S/C34H51N3O4/c1-6-8-31(40-30-15-19-39-20-16-30)21-25(2)28(22-32(38)41-34(3,4)5)24-37-18-14-26(23-37)10-12-29-13-11-27-9-7-17-35-33(27)36-29/h6,8,11,13,21,26,28,30H,2,7,9-10,12,14-20,22-24H2,1,3-5H3,(H,35,36)/b8-6-,31-21+/t26-,28-/m1/s1. The van der Waals surface area contributed by atoms with E-state index in [-0.39, 0.29) is 18.0 Å². The van der Waals surface area contributed by atoms with E-state index in [1.165, 1.54) is 24.1 Å². The molecule has 2 atom stereocenters. The van der Waals surface area contributed by atoms with E-state index in [0.29, 0.717) is 12.3 Å². The molecule has 7 heteroatoms. The van der Waals surface area contributed by atoms with Crippen molar-refractivity contribution in [2.45, 2.75) is 90.8 Å². The molecule has 4 heterocycles. The summed E-state index contributed by atoms with van der Waals surface area (Å²) in [4.78, 5) is 20.3. The van der Waals surface area contributed by atoms with Gasteiger partial charge in [-0.1, -0.05) is 18.7 Å². The monoisotopic (exact) mass is 565 g/mol. The number of likely N-dealkylation sites (tertiary alicyclic amines) is 1. The molecular weight excluding hydrogens is 514 g/mol. The van der Waals surface area contributed by atoms with Crippen LogP contribution < -0.4 is 5.32 Å². The molecule has 3 aliphatic heterocycles. The van der Waals surface area contributed by atoms with E-state index >= 15 is 0 Å². The minimum absolute atomic E-state index is 0.0458. The maximum atomic E-state index is 12.9. The summed E-state index contributed by atoms with van der Waals surface area (Å²) in [5.41, 5.74) is 2.91. The molecule has 0 aromatic carbocycles. The maximum Gasteiger partial charge on any atom is 0.306 e. The second kappa shape index (κ2) is 15.0. The predicted molar refractivity (Wildman–Crippen MR) is 165 cm³/mol. The van der Waals surface area contributed by atoms with Crippen LogP contribution in [0.15, 0.2) is 48.3 Å². The van der Waals surface area contributed by atoms with Gasteiger partial charge in [0.25, 0.3) is 0 Å². The number of carbonyl (C=O) groups is 1. The number of allylic oxidation sites excluding steroid dienone is 3. The normalized spacial score (nSPS) is 21.4. The number of rotatable bonds is 12. The Kier molecular flexibility index (Phi) is 11.5. The zero-order valence-corrected chi connectivity index (χ0v) is 25.8. The molecule has 3 aliphatic rings. The molecule has 0 unspecified atom stereocenters. The molecule has 1 aromatic rings. The van der Waals surface area contributed by atoms with Crippen molar-refractivity contribution in [3.8, 4) is 0 Å². The van der Waals surface area contributed by atoms with E-state index in [1.54, 1.807) is 0 Å². The summed E-state index contributed by atoms with van der Waals surface area (Å²) in [5, 5.41) is 3.45. The van der Waals surface area contributed by atoms with Crippen LogP contribution in [0.1, 0.15) is 77.5 Å². The number of nitrogens with zero attached hydrogens (tertiary/aromatic N) is 2. The summed E-state index contributed by atoms with van der Waals surface area (Å²) in [6, 6.07) is 4.45. The number of aryl methyl sites for hydroxylation is 2. The van der Waals surface area contributed by atoms with Crippen LogP contribution in [0.5, 0.6) is 0 Å². The van der Waals surface area contributed by atoms with Gasteiger partial charge in [0.1, 0.15) is 23.3 Å². The van der Waals surface area contributed by atoms with Gasteiger partial charge in [0.2, 0.25) is 0 Å². The van der Waals surface area contributed by atoms with Crippen molar-refractivity contribution in [2.75, 3.05) is 44.7 Å². The van der Waals surface area contributed by atoms with Crippen LogP contribution in [0.2, 0.25) is 0 Å². The van der Waals surface area contributed by atoms with Gasteiger partial charge in [-0.15, -0.1) is 0 Å². The average Bonchev–Trinajstić information content (AvgIpc) is 3.38. The Bertz CT molecular complexity index is 1080. The smallest absolute Gasteiger partial charge is 0.306 e. The lowest BCUT2D eigenvalue weighted by Crippen LogP contribution is -2.32. The Balaban J connectivity index is 1.37. The fourth-order valence-corrected chi connectivity index (χ4v) is 5.96. The third kappa shape index (κ3) is 10.3. The molecule has 0 radical (unpaired) electrons. The maximum absolute atomic E-state index is 12.9. The minimum Gasteiger partial charge on any atom is -0.490 e. The Morgan fingerprint density at radius 3 is 2.83 bits per heavy atom. The lowest BCUT2D eigenvalue weighted by molar-refractivity contribution is -0.155. The highest BCUT2D eigenvalue weighted by Gasteiger charge is 2.28. The van der Waals surface area contributed by atoms with E-state index in [4.69, 9.17) is 19.2 Å². The lowest BCUT2D eigenvalue weighted by Gasteiger charge is -2.27. The zero-order chi connectivity index (χ0) is 29.2. The summed E-state index contributed by atoms with van der Waals surface area (Å²) >= 11 is 0. The Labute approximate surface area is 247 Å². The van der Waals surface area contributed by atoms with Gasteiger partial charge in [-0.25, -0.2) is 4.98 Å². The van der Waals surface area contributed by atoms with Crippen molar-refractivity contribution < 1.29 is 19.0 Å². The molecule has 2 saturated heterocycles. The minimum atomic E-state index is -0.514. The van der Waals surface area contributed by atoms with Crippen molar-refractivity contribution in [3.05, 3.63) is 59.5 Å². The van der Waals surface area contributed by atoms with Crippen LogP contribution >= 0.6 is 0 Å². The van der Waals surface area contributed by atoms with Crippen LogP contribution in [0.4, 0.5) is 5.82 Å². The van der Waals surface area contributed by atoms with Crippen LogP contribution in [-0.2, 0) is 31.8 Å². The molecule has 226 valence electrons. The summed E-state index contributed by atoms with van der Waals surface area (Å²) in [5.74, 6) is 2.27. The van der Waals surface area contributed by atoms with E-state index in [2.05, 4.69) is 28.9 Å². The van der Waals surface area contributed by atoms with Gasteiger partial charge < -0.3 is 24.4 Å². The first kappa shape index (κ1) is 31.3. The molecule has 41 heavy (non-hydrogen) atoms. The molecule has 0 amide bonds. The van der Waals surface area contributed by atoms with Gasteiger partial charge in [-0.2, -0.15) is 0 Å². The number of fused-ring (bicyclic) bond motifs is 1. The van der Waals surface area contributed by atoms with E-state index in [1.807, 2.05) is 45.9 Å². The number of esters is 1. The molecule has 4 rings (SSSR count). The van der Waals surface area contributed by atoms with Crippen LogP contribution in [0, 0.1) is 11.8 Å². The Hall–Kier alpha value is -2.64. The molecular formula is C34H51N3O4. The molecule has 0 aliphatic carbocycles. The van der Waals surface area contributed by atoms with Gasteiger partial charge in [0, 0.05) is 44.1 Å². The summed E-state index contributed by atoms with van der Waals surface area (Å²) < 4.78 is 17.5. The first-order valence-electron chi connectivity index (χ1n) is 15.6. The van der Waals surface area contributed by atoms with Crippen LogP contribution in [0.25, 0.3) is 0 Å². The number of carbonyl (C=O) groups excluding carboxylic acids is 1. The average molecular weight is 566 g/mol. The van der Waals surface area contributed by atoms with E-state index in [0.717, 1.165) is 88.6 Å². The van der Waals surface area contributed by atoms with Gasteiger partial charge in [0.05, 0.1) is 19.6 Å². The molecule has 0 saturated carbocycles. The van der Waals surface area contributed by atoms with E-state index < -0.39 is 5.60 Å². The number of hydrogen-bond donors (Lipinski definition) is 1. The second-order valence-corrected chi connectivity index (χ2v) is 12.8. The summed E-state index contributed by atoms with van der Waals surface area (Å²) in [6.07, 6.45) is 13.8. The number of pyridine rings is 1. The summed E-state index contributed by atoms with van der Waals surface area (Å²) in [7, 11) is 0. The van der Waals surface area contributed by atoms with Gasteiger partial charge in [-0.3, -0.25) is 4.79 Å². The SMILES string of the molecule is C=C(/C=C(\C=C/C)OC1CCOCC1)[C@H](CC(=O)OC(C)(C)C)CN1CC[C@@H](CCc2ccc3c(n2)NCCC3)C1. The highest BCUT2D eigenvalue weighted by molar-refractivity contribution is 5.70. The third-order valence-corrected chi connectivity index (χ3v) is 8.10. The van der Waals surface area contributed by atoms with Crippen LogP contribution in [-0.4, -0.2) is 67.0 Å². The second-order valence-electron chi connectivity index (χ2n) is 12.8. The highest BCUT2D eigenvalue weighted by Crippen LogP contribution is 2.28. The number of ether oxygens (including phenoxy) is 3. The Morgan fingerprint density at radius 1 is 1.27 bits per heavy atom. The third-order valence-electron chi connectivity index (χ3n) is 8.10. The van der Waals surface area contributed by atoms with Gasteiger partial charge >= 0.3 is 5.97 Å². The molecule has 1 N–H and O–H groups in total. The Morgan fingerprint density at radius 2 is 2.07 bits per heavy atom. The van der Waals surface area contributed by atoms with Crippen molar-refractivity contribution in [2.24, 2.45) is 11.8 Å². The highest BCUT2D eigenvalue weighted by atomic mass is 16.6. The number of aromatic nitrogens is 1. The quantitative estimate of drug-likeness (QED) is 0.182.